The lowest BCUT2D eigenvalue weighted by Crippen LogP contribution is -2.38. The number of carbonyl (C=O) groups excluding carboxylic acids is 1. The summed E-state index contributed by atoms with van der Waals surface area (Å²) >= 11 is 0. The lowest BCUT2D eigenvalue weighted by Gasteiger charge is -2.30. The van der Waals surface area contributed by atoms with Gasteiger partial charge in [0.25, 0.3) is 0 Å². The summed E-state index contributed by atoms with van der Waals surface area (Å²) in [5.74, 6) is 0.669. The second kappa shape index (κ2) is 6.36. The summed E-state index contributed by atoms with van der Waals surface area (Å²) in [6.07, 6.45) is 7.07. The fraction of sp³-hybridized carbons (Fsp3) is 0.500. The zero-order valence-electron chi connectivity index (χ0n) is 13.0. The van der Waals surface area contributed by atoms with Crippen LogP contribution >= 0.6 is 0 Å². The van der Waals surface area contributed by atoms with Crippen molar-refractivity contribution in [1.29, 1.82) is 0 Å². The Morgan fingerprint density at radius 2 is 2.27 bits per heavy atom. The number of carbonyl (C=O) groups is 1. The van der Waals surface area contributed by atoms with Crippen molar-refractivity contribution in [2.75, 3.05) is 6.61 Å². The smallest absolute Gasteiger partial charge is 0.226 e. The summed E-state index contributed by atoms with van der Waals surface area (Å²) < 4.78 is 9.78. The summed E-state index contributed by atoms with van der Waals surface area (Å²) in [6.45, 7) is 1.21. The van der Waals surface area contributed by atoms with Gasteiger partial charge in [0.1, 0.15) is 11.9 Å². The summed E-state index contributed by atoms with van der Waals surface area (Å²) in [5, 5.41) is 3.03. The lowest BCUT2D eigenvalue weighted by atomic mass is 9.92. The molecule has 0 radical (unpaired) electrons. The molecule has 1 N–H and O–H groups in total. The molecule has 0 saturated carbocycles. The van der Waals surface area contributed by atoms with Crippen molar-refractivity contribution in [3.05, 3.63) is 42.2 Å². The lowest BCUT2D eigenvalue weighted by molar-refractivity contribution is -0.135. The Hall–Kier alpha value is -2.08. The van der Waals surface area contributed by atoms with Gasteiger partial charge in [-0.25, -0.2) is 4.98 Å². The van der Waals surface area contributed by atoms with Crippen LogP contribution in [0.3, 0.4) is 0 Å². The molecule has 2 aromatic rings. The maximum atomic E-state index is 12.6. The van der Waals surface area contributed by atoms with Crippen LogP contribution in [0.1, 0.15) is 30.5 Å². The van der Waals surface area contributed by atoms with Gasteiger partial charge in [0.05, 0.1) is 12.5 Å². The van der Waals surface area contributed by atoms with Crippen LogP contribution in [-0.2, 0) is 30.2 Å². The van der Waals surface area contributed by atoms with E-state index in [2.05, 4.69) is 10.3 Å². The Morgan fingerprint density at radius 1 is 1.41 bits per heavy atom. The minimum Gasteiger partial charge on any atom is -0.369 e. The van der Waals surface area contributed by atoms with E-state index in [-0.39, 0.29) is 17.9 Å². The molecule has 1 aliphatic rings. The Balaban J connectivity index is 1.69. The molecular weight excluding hydrogens is 280 g/mol. The van der Waals surface area contributed by atoms with E-state index >= 15 is 0 Å². The first-order valence-corrected chi connectivity index (χ1v) is 7.63. The number of imidazole rings is 1. The highest BCUT2D eigenvalue weighted by atomic mass is 16.5. The van der Waals surface area contributed by atoms with Gasteiger partial charge in [-0.05, 0) is 25.0 Å². The molecule has 118 valence electrons. The summed E-state index contributed by atoms with van der Waals surface area (Å²) in [6, 6.07) is 3.98. The SMILES string of the molecule is Cn1cccc1CNC(=O)[C@@H]1CCCO[C@H]1c1nccn1C. The van der Waals surface area contributed by atoms with Crippen LogP contribution < -0.4 is 5.32 Å². The van der Waals surface area contributed by atoms with Gasteiger partial charge in [-0.1, -0.05) is 0 Å². The zero-order chi connectivity index (χ0) is 15.5. The van der Waals surface area contributed by atoms with E-state index in [0.29, 0.717) is 13.2 Å². The highest BCUT2D eigenvalue weighted by Crippen LogP contribution is 2.32. The fourth-order valence-electron chi connectivity index (χ4n) is 2.94. The minimum absolute atomic E-state index is 0.0360. The first-order valence-electron chi connectivity index (χ1n) is 7.63. The largest absolute Gasteiger partial charge is 0.369 e. The number of hydrogen-bond acceptors (Lipinski definition) is 3. The van der Waals surface area contributed by atoms with Crippen molar-refractivity contribution in [2.24, 2.45) is 20.0 Å². The molecule has 3 rings (SSSR count). The maximum Gasteiger partial charge on any atom is 0.226 e. The van der Waals surface area contributed by atoms with Crippen molar-refractivity contribution in [3.63, 3.8) is 0 Å². The van der Waals surface area contributed by atoms with E-state index in [4.69, 9.17) is 4.74 Å². The average molecular weight is 302 g/mol. The monoisotopic (exact) mass is 302 g/mol. The first-order chi connectivity index (χ1) is 10.7. The van der Waals surface area contributed by atoms with Gasteiger partial charge in [-0.15, -0.1) is 0 Å². The van der Waals surface area contributed by atoms with Gasteiger partial charge in [0.2, 0.25) is 5.91 Å². The van der Waals surface area contributed by atoms with Crippen LogP contribution in [0.25, 0.3) is 0 Å². The van der Waals surface area contributed by atoms with Crippen LogP contribution in [0, 0.1) is 5.92 Å². The number of rotatable bonds is 4. The standard InChI is InChI=1S/C16H22N4O2/c1-19-8-3-5-12(19)11-18-16(21)13-6-4-10-22-14(13)15-17-7-9-20(15)2/h3,5,7-9,13-14H,4,6,10-11H2,1-2H3,(H,18,21)/t13-,14-/m1/s1. The fourth-order valence-corrected chi connectivity index (χ4v) is 2.94. The van der Waals surface area contributed by atoms with Crippen molar-refractivity contribution < 1.29 is 9.53 Å². The van der Waals surface area contributed by atoms with Crippen molar-refractivity contribution in [1.82, 2.24) is 19.4 Å². The third-order valence-corrected chi connectivity index (χ3v) is 4.27. The molecular formula is C16H22N4O2. The maximum absolute atomic E-state index is 12.6. The number of ether oxygens (including phenoxy) is 1. The first kappa shape index (κ1) is 14.8. The zero-order valence-corrected chi connectivity index (χ0v) is 13.0. The van der Waals surface area contributed by atoms with Crippen molar-refractivity contribution >= 4 is 5.91 Å². The predicted molar refractivity (Wildman–Crippen MR) is 81.9 cm³/mol. The van der Waals surface area contributed by atoms with E-state index in [1.165, 1.54) is 0 Å². The van der Waals surface area contributed by atoms with Crippen molar-refractivity contribution in [2.45, 2.75) is 25.5 Å². The third-order valence-electron chi connectivity index (χ3n) is 4.27. The molecule has 2 atom stereocenters. The van der Waals surface area contributed by atoms with Crippen LogP contribution in [-0.4, -0.2) is 26.6 Å². The van der Waals surface area contributed by atoms with Crippen molar-refractivity contribution in [3.8, 4) is 0 Å². The molecule has 6 nitrogen and oxygen atoms in total. The van der Waals surface area contributed by atoms with Gasteiger partial charge >= 0.3 is 0 Å². The number of nitrogens with one attached hydrogen (secondary N) is 1. The number of nitrogens with zero attached hydrogens (tertiary/aromatic N) is 3. The molecule has 0 bridgehead atoms. The molecule has 6 heteroatoms. The molecule has 1 aliphatic heterocycles. The number of aryl methyl sites for hydroxylation is 2. The molecule has 1 saturated heterocycles. The number of amides is 1. The molecule has 0 unspecified atom stereocenters. The van der Waals surface area contributed by atoms with E-state index in [1.807, 2.05) is 47.8 Å². The quantitative estimate of drug-likeness (QED) is 0.932. The minimum atomic E-state index is -0.262. The number of aromatic nitrogens is 3. The highest BCUT2D eigenvalue weighted by Gasteiger charge is 2.35. The van der Waals surface area contributed by atoms with Gasteiger partial charge in [0, 0.05) is 45.0 Å². The van der Waals surface area contributed by atoms with Crippen LogP contribution in [0.4, 0.5) is 0 Å². The summed E-state index contributed by atoms with van der Waals surface area (Å²) in [5.41, 5.74) is 1.08. The molecule has 0 aliphatic carbocycles. The molecule has 0 spiro atoms. The van der Waals surface area contributed by atoms with Crippen LogP contribution in [0.15, 0.2) is 30.7 Å². The molecule has 1 amide bonds. The second-order valence-electron chi connectivity index (χ2n) is 5.76. The third kappa shape index (κ3) is 2.92. The molecule has 2 aromatic heterocycles. The van der Waals surface area contributed by atoms with E-state index in [1.54, 1.807) is 6.20 Å². The summed E-state index contributed by atoms with van der Waals surface area (Å²) in [4.78, 5) is 16.9. The molecule has 0 aromatic carbocycles. The Labute approximate surface area is 130 Å². The van der Waals surface area contributed by atoms with Crippen LogP contribution in [0.2, 0.25) is 0 Å². The van der Waals surface area contributed by atoms with Gasteiger partial charge < -0.3 is 19.2 Å². The topological polar surface area (TPSA) is 61.1 Å². The normalized spacial score (nSPS) is 21.7. The van der Waals surface area contributed by atoms with E-state index in [9.17, 15) is 4.79 Å². The van der Waals surface area contributed by atoms with Gasteiger partial charge in [-0.3, -0.25) is 4.79 Å². The Kier molecular flexibility index (Phi) is 4.29. The molecule has 22 heavy (non-hydrogen) atoms. The summed E-state index contributed by atoms with van der Waals surface area (Å²) in [7, 11) is 3.90. The highest BCUT2D eigenvalue weighted by molar-refractivity contribution is 5.79. The van der Waals surface area contributed by atoms with E-state index in [0.717, 1.165) is 24.4 Å². The number of hydrogen-bond donors (Lipinski definition) is 1. The molecule has 3 heterocycles. The predicted octanol–water partition coefficient (Wildman–Crippen LogP) is 1.54. The molecule has 1 fully saturated rings. The van der Waals surface area contributed by atoms with Gasteiger partial charge in [0.15, 0.2) is 0 Å². The second-order valence-corrected chi connectivity index (χ2v) is 5.76. The Bertz CT molecular complexity index is 646. The Morgan fingerprint density at radius 3 is 2.95 bits per heavy atom. The van der Waals surface area contributed by atoms with E-state index < -0.39 is 0 Å². The average Bonchev–Trinajstić information content (AvgIpc) is 3.13. The van der Waals surface area contributed by atoms with Crippen LogP contribution in [0.5, 0.6) is 0 Å². The van der Waals surface area contributed by atoms with Gasteiger partial charge in [-0.2, -0.15) is 0 Å².